The first-order valence-electron chi connectivity index (χ1n) is 11.2. The Morgan fingerprint density at radius 1 is 1.19 bits per heavy atom. The number of aliphatic imine (C=N–C) groups is 1. The van der Waals surface area contributed by atoms with E-state index in [1.807, 2.05) is 43.3 Å². The Bertz CT molecular complexity index is 682. The molecule has 8 heteroatoms. The summed E-state index contributed by atoms with van der Waals surface area (Å²) >= 11 is 0. The van der Waals surface area contributed by atoms with Gasteiger partial charge in [-0.25, -0.2) is 0 Å². The molecule has 1 amide bonds. The minimum Gasteiger partial charge on any atom is -0.356 e. The minimum atomic E-state index is -0.0341. The van der Waals surface area contributed by atoms with Gasteiger partial charge in [-0.05, 0) is 64.5 Å². The molecule has 1 aromatic rings. The van der Waals surface area contributed by atoms with Crippen molar-refractivity contribution in [3.63, 3.8) is 0 Å². The van der Waals surface area contributed by atoms with Crippen LogP contribution in [0, 0.1) is 0 Å². The molecule has 2 rings (SSSR count). The topological polar surface area (TPSA) is 72.0 Å². The van der Waals surface area contributed by atoms with Crippen molar-refractivity contribution in [1.29, 1.82) is 0 Å². The fourth-order valence-electron chi connectivity index (χ4n) is 3.70. The predicted molar refractivity (Wildman–Crippen MR) is 140 cm³/mol. The Balaban J connectivity index is 0.00000480. The van der Waals surface area contributed by atoms with Crippen molar-refractivity contribution >= 4 is 35.8 Å². The molecule has 1 atom stereocenters. The molecule has 176 valence electrons. The number of carbonyl (C=O) groups excluding carboxylic acids is 1. The van der Waals surface area contributed by atoms with Crippen LogP contribution >= 0.6 is 24.0 Å². The highest BCUT2D eigenvalue weighted by atomic mass is 127. The second-order valence-corrected chi connectivity index (χ2v) is 8.35. The second kappa shape index (κ2) is 15.4. The lowest BCUT2D eigenvalue weighted by atomic mass is 10.0. The number of hydrogen-bond acceptors (Lipinski definition) is 4. The van der Waals surface area contributed by atoms with E-state index < -0.39 is 0 Å². The van der Waals surface area contributed by atoms with E-state index >= 15 is 0 Å². The lowest BCUT2D eigenvalue weighted by Gasteiger charge is -2.33. The molecule has 0 bridgehead atoms. The molecule has 0 saturated carbocycles. The van der Waals surface area contributed by atoms with Crippen LogP contribution in [0.4, 0.5) is 0 Å². The molecule has 0 spiro atoms. The molecule has 1 aliphatic rings. The van der Waals surface area contributed by atoms with Crippen LogP contribution in [0.1, 0.15) is 48.5 Å². The lowest BCUT2D eigenvalue weighted by molar-refractivity contribution is 0.0951. The van der Waals surface area contributed by atoms with E-state index in [2.05, 4.69) is 32.8 Å². The van der Waals surface area contributed by atoms with E-state index in [1.54, 1.807) is 7.05 Å². The first kappa shape index (κ1) is 27.6. The summed E-state index contributed by atoms with van der Waals surface area (Å²) in [5, 5.41) is 9.70. The smallest absolute Gasteiger partial charge is 0.251 e. The number of carbonyl (C=O) groups is 1. The number of halogens is 1. The summed E-state index contributed by atoms with van der Waals surface area (Å²) in [4.78, 5) is 21.3. The van der Waals surface area contributed by atoms with E-state index in [0.29, 0.717) is 24.7 Å². The Morgan fingerprint density at radius 3 is 2.71 bits per heavy atom. The highest BCUT2D eigenvalue weighted by Crippen LogP contribution is 2.16. The van der Waals surface area contributed by atoms with Gasteiger partial charge in [-0.3, -0.25) is 9.79 Å². The molecular formula is C23H41IN6O. The van der Waals surface area contributed by atoms with E-state index in [1.165, 1.54) is 25.8 Å². The third-order valence-corrected chi connectivity index (χ3v) is 5.57. The summed E-state index contributed by atoms with van der Waals surface area (Å²) in [5.74, 6) is 0.760. The van der Waals surface area contributed by atoms with E-state index in [9.17, 15) is 4.79 Å². The zero-order valence-electron chi connectivity index (χ0n) is 19.6. The van der Waals surface area contributed by atoms with Crippen molar-refractivity contribution in [2.75, 3.05) is 53.9 Å². The number of rotatable bonds is 10. The van der Waals surface area contributed by atoms with E-state index in [-0.39, 0.29) is 29.9 Å². The van der Waals surface area contributed by atoms with Gasteiger partial charge >= 0.3 is 0 Å². The van der Waals surface area contributed by atoms with Crippen LogP contribution in [0.2, 0.25) is 0 Å². The fourth-order valence-corrected chi connectivity index (χ4v) is 3.70. The van der Waals surface area contributed by atoms with Gasteiger partial charge in [-0.1, -0.05) is 18.6 Å². The number of piperidine rings is 1. The van der Waals surface area contributed by atoms with Gasteiger partial charge in [-0.2, -0.15) is 0 Å². The van der Waals surface area contributed by atoms with Gasteiger partial charge in [0.15, 0.2) is 5.96 Å². The van der Waals surface area contributed by atoms with Crippen LogP contribution in [0.5, 0.6) is 0 Å². The first-order chi connectivity index (χ1) is 14.5. The maximum atomic E-state index is 12.3. The molecule has 0 aliphatic carbocycles. The fraction of sp³-hybridized carbons (Fsp3) is 0.652. The molecule has 1 aromatic carbocycles. The minimum absolute atomic E-state index is 0. The SMILES string of the molecule is CN=C(NCCCN1CCCCC1C)NCc1cccc(C(=O)NCCN(C)C)c1.I. The van der Waals surface area contributed by atoms with Crippen molar-refractivity contribution in [2.45, 2.75) is 45.2 Å². The number of nitrogens with zero attached hydrogens (tertiary/aromatic N) is 3. The summed E-state index contributed by atoms with van der Waals surface area (Å²) in [6, 6.07) is 8.44. The second-order valence-electron chi connectivity index (χ2n) is 8.35. The van der Waals surface area contributed by atoms with Gasteiger partial charge in [0.25, 0.3) is 5.91 Å². The summed E-state index contributed by atoms with van der Waals surface area (Å²) in [7, 11) is 5.78. The third-order valence-electron chi connectivity index (χ3n) is 5.57. The zero-order valence-corrected chi connectivity index (χ0v) is 21.9. The number of nitrogens with one attached hydrogen (secondary N) is 3. The van der Waals surface area contributed by atoms with Crippen LogP contribution < -0.4 is 16.0 Å². The monoisotopic (exact) mass is 544 g/mol. The third kappa shape index (κ3) is 10.7. The Kier molecular flexibility index (Phi) is 13.7. The number of guanidine groups is 1. The van der Waals surface area contributed by atoms with Crippen molar-refractivity contribution in [1.82, 2.24) is 25.8 Å². The average Bonchev–Trinajstić information content (AvgIpc) is 2.74. The summed E-state index contributed by atoms with van der Waals surface area (Å²) in [5.41, 5.74) is 1.74. The Morgan fingerprint density at radius 2 is 2.00 bits per heavy atom. The number of likely N-dealkylation sites (tertiary alicyclic amines) is 1. The summed E-state index contributed by atoms with van der Waals surface area (Å²) in [6.45, 7) is 7.69. The predicted octanol–water partition coefficient (Wildman–Crippen LogP) is 2.53. The highest BCUT2D eigenvalue weighted by Gasteiger charge is 2.17. The van der Waals surface area contributed by atoms with Crippen molar-refractivity contribution in [2.24, 2.45) is 4.99 Å². The largest absolute Gasteiger partial charge is 0.356 e. The van der Waals surface area contributed by atoms with Gasteiger partial charge in [0, 0.05) is 51.4 Å². The van der Waals surface area contributed by atoms with E-state index in [0.717, 1.165) is 37.6 Å². The van der Waals surface area contributed by atoms with Crippen LogP contribution in [0.15, 0.2) is 29.3 Å². The normalized spacial score (nSPS) is 17.2. The average molecular weight is 545 g/mol. The molecule has 1 aliphatic heterocycles. The first-order valence-corrected chi connectivity index (χ1v) is 11.2. The van der Waals surface area contributed by atoms with Crippen LogP contribution in [-0.4, -0.2) is 81.6 Å². The molecule has 1 fully saturated rings. The molecule has 1 heterocycles. The molecular weight excluding hydrogens is 503 g/mol. The van der Waals surface area contributed by atoms with Gasteiger partial charge in [0.05, 0.1) is 0 Å². The maximum Gasteiger partial charge on any atom is 0.251 e. The molecule has 1 saturated heterocycles. The van der Waals surface area contributed by atoms with Gasteiger partial charge in [0.2, 0.25) is 0 Å². The molecule has 3 N–H and O–H groups in total. The molecule has 0 aromatic heterocycles. The Hall–Kier alpha value is -1.39. The molecule has 0 radical (unpaired) electrons. The number of benzene rings is 1. The summed E-state index contributed by atoms with van der Waals surface area (Å²) in [6.07, 6.45) is 5.12. The lowest BCUT2D eigenvalue weighted by Crippen LogP contribution is -2.41. The van der Waals surface area contributed by atoms with Crippen molar-refractivity contribution < 1.29 is 4.79 Å². The van der Waals surface area contributed by atoms with E-state index in [4.69, 9.17) is 0 Å². The van der Waals surface area contributed by atoms with Crippen LogP contribution in [0.25, 0.3) is 0 Å². The van der Waals surface area contributed by atoms with Gasteiger partial charge in [0.1, 0.15) is 0 Å². The standard InChI is InChI=1S/C23H40N6O.HI/c1-19-9-5-6-14-29(19)15-8-12-26-23(24-2)27-18-20-10-7-11-21(17-20)22(30)25-13-16-28(3)4;/h7,10-11,17,19H,5-6,8-9,12-16,18H2,1-4H3,(H,25,30)(H2,24,26,27);1H. The highest BCUT2D eigenvalue weighted by molar-refractivity contribution is 14.0. The van der Waals surface area contributed by atoms with Gasteiger partial charge < -0.3 is 25.8 Å². The van der Waals surface area contributed by atoms with Crippen LogP contribution in [0.3, 0.4) is 0 Å². The number of hydrogen-bond donors (Lipinski definition) is 3. The van der Waals surface area contributed by atoms with Gasteiger partial charge in [-0.15, -0.1) is 24.0 Å². The van der Waals surface area contributed by atoms with Crippen molar-refractivity contribution in [3.8, 4) is 0 Å². The molecule has 31 heavy (non-hydrogen) atoms. The quantitative estimate of drug-likeness (QED) is 0.183. The van der Waals surface area contributed by atoms with Crippen LogP contribution in [-0.2, 0) is 6.54 Å². The Labute approximate surface area is 205 Å². The summed E-state index contributed by atoms with van der Waals surface area (Å²) < 4.78 is 0. The molecule has 7 nitrogen and oxygen atoms in total. The number of amides is 1. The number of likely N-dealkylation sites (N-methyl/N-ethyl adjacent to an activating group) is 1. The maximum absolute atomic E-state index is 12.3. The van der Waals surface area contributed by atoms with Crippen molar-refractivity contribution in [3.05, 3.63) is 35.4 Å². The molecule has 1 unspecified atom stereocenters. The zero-order chi connectivity index (χ0) is 21.8.